The zero-order chi connectivity index (χ0) is 17.4. The second kappa shape index (κ2) is 6.67. The Kier molecular flexibility index (Phi) is 4.77. The van der Waals surface area contributed by atoms with Crippen molar-refractivity contribution >= 4 is 17.5 Å². The summed E-state index contributed by atoms with van der Waals surface area (Å²) in [6, 6.07) is 3.09. The second-order valence-corrected chi connectivity index (χ2v) is 7.18. The minimum atomic E-state index is -0.259. The smallest absolute Gasteiger partial charge is 0.271 e. The number of hydrogen-bond donors (Lipinski definition) is 3. The number of halogens is 1. The fourth-order valence-electron chi connectivity index (χ4n) is 3.81. The van der Waals surface area contributed by atoms with Crippen molar-refractivity contribution < 1.29 is 4.79 Å². The molecule has 1 saturated heterocycles. The lowest BCUT2D eigenvalue weighted by Crippen LogP contribution is -2.44. The van der Waals surface area contributed by atoms with Gasteiger partial charge in [0.1, 0.15) is 11.8 Å². The van der Waals surface area contributed by atoms with Crippen LogP contribution in [-0.2, 0) is 0 Å². The quantitative estimate of drug-likeness (QED) is 0.761. The predicted molar refractivity (Wildman–Crippen MR) is 91.6 cm³/mol. The summed E-state index contributed by atoms with van der Waals surface area (Å²) in [5.41, 5.74) is 8.39. The molecule has 4 atom stereocenters. The maximum Gasteiger partial charge on any atom is 0.271 e. The second-order valence-electron chi connectivity index (χ2n) is 6.80. The number of pyridine rings is 1. The average molecular weight is 348 g/mol. The molecule has 0 aromatic carbocycles. The van der Waals surface area contributed by atoms with E-state index in [0.717, 1.165) is 19.3 Å². The number of carbonyl (C=O) groups is 1. The lowest BCUT2D eigenvalue weighted by atomic mass is 9.79. The molecule has 0 bridgehead atoms. The Morgan fingerprint density at radius 2 is 2.12 bits per heavy atom. The van der Waals surface area contributed by atoms with Gasteiger partial charge >= 0.3 is 0 Å². The van der Waals surface area contributed by atoms with E-state index in [4.69, 9.17) is 16.9 Å². The van der Waals surface area contributed by atoms with Gasteiger partial charge in [-0.25, -0.2) is 4.98 Å². The van der Waals surface area contributed by atoms with E-state index in [0.29, 0.717) is 34.8 Å². The molecule has 1 saturated carbocycles. The van der Waals surface area contributed by atoms with Crippen molar-refractivity contribution in [2.24, 2.45) is 5.92 Å². The number of nitrogens with one attached hydrogen (secondary N) is 3. The Morgan fingerprint density at radius 3 is 2.83 bits per heavy atom. The van der Waals surface area contributed by atoms with Gasteiger partial charge in [-0.1, -0.05) is 11.6 Å². The average Bonchev–Trinajstić information content (AvgIpc) is 2.92. The molecule has 0 radical (unpaired) electrons. The van der Waals surface area contributed by atoms with Gasteiger partial charge < -0.3 is 5.32 Å². The van der Waals surface area contributed by atoms with E-state index in [1.54, 1.807) is 13.8 Å². The van der Waals surface area contributed by atoms with Gasteiger partial charge in [0.15, 0.2) is 0 Å². The number of nitrogens with zero attached hydrogens (tertiary/aromatic N) is 2. The van der Waals surface area contributed by atoms with E-state index < -0.39 is 0 Å². The van der Waals surface area contributed by atoms with E-state index in [1.165, 1.54) is 0 Å². The SMILES string of the molecule is Cc1nc(C(=O)NC2CCC3NNC(C)C3C2)c(Cl)c(C)c1C#N. The van der Waals surface area contributed by atoms with E-state index in [2.05, 4.69) is 34.1 Å². The van der Waals surface area contributed by atoms with Crippen LogP contribution in [0.1, 0.15) is 53.5 Å². The summed E-state index contributed by atoms with van der Waals surface area (Å²) in [5, 5.41) is 12.5. The zero-order valence-electron chi connectivity index (χ0n) is 14.1. The molecule has 1 aliphatic heterocycles. The van der Waals surface area contributed by atoms with Crippen molar-refractivity contribution in [1.29, 1.82) is 5.26 Å². The van der Waals surface area contributed by atoms with Gasteiger partial charge in [-0.3, -0.25) is 15.6 Å². The fraction of sp³-hybridized carbons (Fsp3) is 0.588. The van der Waals surface area contributed by atoms with E-state index >= 15 is 0 Å². The zero-order valence-corrected chi connectivity index (χ0v) is 14.9. The van der Waals surface area contributed by atoms with Crippen molar-refractivity contribution in [3.63, 3.8) is 0 Å². The molecular formula is C17H22ClN5O. The fourth-order valence-corrected chi connectivity index (χ4v) is 4.04. The molecule has 1 aromatic heterocycles. The molecule has 3 N–H and O–H groups in total. The number of aromatic nitrogens is 1. The molecule has 1 aliphatic carbocycles. The monoisotopic (exact) mass is 347 g/mol. The molecule has 2 fully saturated rings. The molecule has 2 heterocycles. The Hall–Kier alpha value is -1.68. The molecule has 1 amide bonds. The third kappa shape index (κ3) is 3.00. The summed E-state index contributed by atoms with van der Waals surface area (Å²) in [5.74, 6) is 0.252. The standard InChI is InChI=1S/C17H22ClN5O/c1-8-13(7-19)9(2)20-16(15(8)18)17(24)21-11-4-5-14-12(6-11)10(3)22-23-14/h10-12,14,22-23H,4-6H2,1-3H3,(H,21,24). The van der Waals surface area contributed by atoms with Gasteiger partial charge in [0.05, 0.1) is 16.3 Å². The number of aryl methyl sites for hydroxylation is 1. The molecule has 2 aliphatic rings. The Balaban J connectivity index is 1.75. The summed E-state index contributed by atoms with van der Waals surface area (Å²) < 4.78 is 0. The van der Waals surface area contributed by atoms with Crippen LogP contribution in [0.25, 0.3) is 0 Å². The highest BCUT2D eigenvalue weighted by atomic mass is 35.5. The number of hydrogen-bond acceptors (Lipinski definition) is 5. The highest BCUT2D eigenvalue weighted by molar-refractivity contribution is 6.34. The van der Waals surface area contributed by atoms with Crippen molar-refractivity contribution in [3.8, 4) is 6.07 Å². The lowest BCUT2D eigenvalue weighted by Gasteiger charge is -2.32. The third-order valence-corrected chi connectivity index (χ3v) is 5.72. The lowest BCUT2D eigenvalue weighted by molar-refractivity contribution is 0.0910. The van der Waals surface area contributed by atoms with Crippen molar-refractivity contribution in [2.75, 3.05) is 0 Å². The predicted octanol–water partition coefficient (Wildman–Crippen LogP) is 1.99. The molecule has 3 rings (SSSR count). The molecule has 128 valence electrons. The molecular weight excluding hydrogens is 326 g/mol. The summed E-state index contributed by atoms with van der Waals surface area (Å²) in [6.07, 6.45) is 2.89. The van der Waals surface area contributed by atoms with Crippen LogP contribution in [0.3, 0.4) is 0 Å². The molecule has 24 heavy (non-hydrogen) atoms. The number of carbonyl (C=O) groups excluding carboxylic acids is 1. The summed E-state index contributed by atoms with van der Waals surface area (Å²) in [4.78, 5) is 16.9. The first-order chi connectivity index (χ1) is 11.4. The minimum Gasteiger partial charge on any atom is -0.348 e. The number of rotatable bonds is 2. The van der Waals surface area contributed by atoms with Gasteiger partial charge in [0, 0.05) is 18.1 Å². The number of nitriles is 1. The van der Waals surface area contributed by atoms with Crippen LogP contribution in [0.15, 0.2) is 0 Å². The van der Waals surface area contributed by atoms with Crippen LogP contribution in [0.5, 0.6) is 0 Å². The molecule has 6 nitrogen and oxygen atoms in total. The Morgan fingerprint density at radius 1 is 1.38 bits per heavy atom. The van der Waals surface area contributed by atoms with Crippen LogP contribution < -0.4 is 16.2 Å². The van der Waals surface area contributed by atoms with Gasteiger partial charge in [0.2, 0.25) is 0 Å². The topological polar surface area (TPSA) is 89.8 Å². The van der Waals surface area contributed by atoms with Crippen LogP contribution in [-0.4, -0.2) is 29.0 Å². The first-order valence-electron chi connectivity index (χ1n) is 8.31. The maximum absolute atomic E-state index is 12.6. The van der Waals surface area contributed by atoms with Crippen molar-refractivity contribution in [3.05, 3.63) is 27.5 Å². The van der Waals surface area contributed by atoms with E-state index in [1.807, 2.05) is 0 Å². The number of hydrazine groups is 1. The van der Waals surface area contributed by atoms with Gasteiger partial charge in [0.25, 0.3) is 5.91 Å². The number of fused-ring (bicyclic) bond motifs is 1. The summed E-state index contributed by atoms with van der Waals surface area (Å²) >= 11 is 6.28. The molecule has 0 spiro atoms. The highest BCUT2D eigenvalue weighted by Gasteiger charge is 2.38. The van der Waals surface area contributed by atoms with Crippen LogP contribution >= 0.6 is 11.6 Å². The Labute approximate surface area is 146 Å². The van der Waals surface area contributed by atoms with Crippen LogP contribution in [0, 0.1) is 31.1 Å². The summed E-state index contributed by atoms with van der Waals surface area (Å²) in [7, 11) is 0. The molecule has 4 unspecified atom stereocenters. The summed E-state index contributed by atoms with van der Waals surface area (Å²) in [6.45, 7) is 5.63. The van der Waals surface area contributed by atoms with E-state index in [-0.39, 0.29) is 22.7 Å². The molecule has 7 heteroatoms. The van der Waals surface area contributed by atoms with Crippen LogP contribution in [0.4, 0.5) is 0 Å². The minimum absolute atomic E-state index is 0.122. The third-order valence-electron chi connectivity index (χ3n) is 5.25. The first-order valence-corrected chi connectivity index (χ1v) is 8.68. The maximum atomic E-state index is 12.6. The number of amides is 1. The molecule has 1 aromatic rings. The largest absolute Gasteiger partial charge is 0.348 e. The van der Waals surface area contributed by atoms with E-state index in [9.17, 15) is 4.79 Å². The van der Waals surface area contributed by atoms with Gasteiger partial charge in [-0.05, 0) is 51.5 Å². The highest BCUT2D eigenvalue weighted by Crippen LogP contribution is 2.31. The van der Waals surface area contributed by atoms with Crippen molar-refractivity contribution in [1.82, 2.24) is 21.2 Å². The van der Waals surface area contributed by atoms with Crippen molar-refractivity contribution in [2.45, 2.75) is 58.2 Å². The first kappa shape index (κ1) is 17.2. The normalized spacial score (nSPS) is 29.0. The van der Waals surface area contributed by atoms with Crippen LogP contribution in [0.2, 0.25) is 5.02 Å². The van der Waals surface area contributed by atoms with Gasteiger partial charge in [-0.15, -0.1) is 0 Å². The van der Waals surface area contributed by atoms with Gasteiger partial charge in [-0.2, -0.15) is 5.26 Å². The Bertz CT molecular complexity index is 714.